The maximum absolute atomic E-state index is 13.1. The topological polar surface area (TPSA) is 78.4 Å². The third kappa shape index (κ3) is 3.64. The second-order valence-corrected chi connectivity index (χ2v) is 8.54. The first-order valence-corrected chi connectivity index (χ1v) is 10.2. The van der Waals surface area contributed by atoms with E-state index in [2.05, 4.69) is 20.2 Å². The van der Waals surface area contributed by atoms with E-state index in [-0.39, 0.29) is 4.90 Å². The lowest BCUT2D eigenvalue weighted by Gasteiger charge is -2.31. The van der Waals surface area contributed by atoms with Crippen LogP contribution in [0, 0.1) is 0 Å². The third-order valence-electron chi connectivity index (χ3n) is 4.74. The van der Waals surface area contributed by atoms with Crippen LogP contribution >= 0.6 is 0 Å². The minimum atomic E-state index is -3.54. The van der Waals surface area contributed by atoms with Crippen LogP contribution in [0.4, 0.5) is 11.5 Å². The number of benzene rings is 2. The summed E-state index contributed by atoms with van der Waals surface area (Å²) in [7, 11) is -1.54. The zero-order valence-corrected chi connectivity index (χ0v) is 15.9. The molecule has 3 aromatic rings. The van der Waals surface area contributed by atoms with Gasteiger partial charge in [0, 0.05) is 37.3 Å². The zero-order chi connectivity index (χ0) is 18.9. The molecule has 0 aliphatic carbocycles. The van der Waals surface area contributed by atoms with Gasteiger partial charge in [-0.15, -0.1) is 0 Å². The molecule has 0 atom stereocenters. The number of para-hydroxylation sites is 1. The molecule has 1 N–H and O–H groups in total. The van der Waals surface area contributed by atoms with Crippen LogP contribution in [0.2, 0.25) is 0 Å². The summed E-state index contributed by atoms with van der Waals surface area (Å²) in [4.78, 5) is 11.0. The van der Waals surface area contributed by atoms with Crippen molar-refractivity contribution in [2.24, 2.45) is 0 Å². The predicted molar refractivity (Wildman–Crippen MR) is 106 cm³/mol. The molecule has 1 fully saturated rings. The van der Waals surface area contributed by atoms with Crippen molar-refractivity contribution in [3.8, 4) is 0 Å². The molecule has 2 heterocycles. The molecule has 0 spiro atoms. The van der Waals surface area contributed by atoms with E-state index in [1.54, 1.807) is 22.5 Å². The Balaban J connectivity index is 1.72. The van der Waals surface area contributed by atoms with Crippen molar-refractivity contribution in [1.29, 1.82) is 0 Å². The molecular weight excluding hydrogens is 362 g/mol. The summed E-state index contributed by atoms with van der Waals surface area (Å²) in [5.74, 6) is 0.585. The predicted octanol–water partition coefficient (Wildman–Crippen LogP) is 2.31. The maximum atomic E-state index is 13.1. The molecule has 4 rings (SSSR count). The lowest BCUT2D eigenvalue weighted by atomic mass is 10.2. The molecule has 1 aliphatic rings. The van der Waals surface area contributed by atoms with Gasteiger partial charge in [-0.2, -0.15) is 4.31 Å². The zero-order valence-electron chi connectivity index (χ0n) is 15.0. The first kappa shape index (κ1) is 17.8. The number of sulfonamides is 1. The molecule has 27 heavy (non-hydrogen) atoms. The molecule has 1 aromatic heterocycles. The van der Waals surface area contributed by atoms with Crippen LogP contribution in [0.15, 0.2) is 59.8 Å². The van der Waals surface area contributed by atoms with Crippen LogP contribution in [0.1, 0.15) is 0 Å². The molecule has 0 saturated carbocycles. The fraction of sp³-hybridized carbons (Fsp3) is 0.263. The van der Waals surface area contributed by atoms with Gasteiger partial charge in [-0.25, -0.2) is 18.4 Å². The number of aromatic nitrogens is 2. The third-order valence-corrected chi connectivity index (χ3v) is 6.64. The van der Waals surface area contributed by atoms with Gasteiger partial charge in [0.25, 0.3) is 0 Å². The number of hydrogen-bond donors (Lipinski definition) is 1. The van der Waals surface area contributed by atoms with E-state index < -0.39 is 10.0 Å². The number of rotatable bonds is 4. The lowest BCUT2D eigenvalue weighted by Crippen LogP contribution is -2.46. The number of hydrogen-bond acceptors (Lipinski definition) is 6. The quantitative estimate of drug-likeness (QED) is 0.745. The highest BCUT2D eigenvalue weighted by Gasteiger charge is 2.27. The van der Waals surface area contributed by atoms with Crippen LogP contribution in [0.5, 0.6) is 0 Å². The fourth-order valence-corrected chi connectivity index (χ4v) is 4.58. The van der Waals surface area contributed by atoms with Gasteiger partial charge in [0.15, 0.2) is 0 Å². The molecule has 0 radical (unpaired) electrons. The fourth-order valence-electron chi connectivity index (χ4n) is 3.13. The van der Waals surface area contributed by atoms with E-state index >= 15 is 0 Å². The van der Waals surface area contributed by atoms with Gasteiger partial charge in [-0.1, -0.05) is 18.2 Å². The summed E-state index contributed by atoms with van der Waals surface area (Å²) in [5, 5.41) is 3.92. The number of piperazine rings is 1. The van der Waals surface area contributed by atoms with Crippen molar-refractivity contribution in [2.45, 2.75) is 4.90 Å². The average molecular weight is 383 g/mol. The van der Waals surface area contributed by atoms with Crippen LogP contribution in [-0.2, 0) is 10.0 Å². The summed E-state index contributed by atoms with van der Waals surface area (Å²) in [5.41, 5.74) is 1.57. The number of anilines is 2. The summed E-state index contributed by atoms with van der Waals surface area (Å²) >= 11 is 0. The Bertz CT molecular complexity index is 1050. The molecule has 140 valence electrons. The average Bonchev–Trinajstić information content (AvgIpc) is 2.69. The molecule has 2 aromatic carbocycles. The molecule has 0 amide bonds. The maximum Gasteiger partial charge on any atom is 0.243 e. The number of likely N-dealkylation sites (N-methyl/N-ethyl adjacent to an activating group) is 1. The molecule has 1 aliphatic heterocycles. The van der Waals surface area contributed by atoms with Crippen molar-refractivity contribution < 1.29 is 8.42 Å². The highest BCUT2D eigenvalue weighted by atomic mass is 32.2. The minimum Gasteiger partial charge on any atom is -0.340 e. The van der Waals surface area contributed by atoms with E-state index in [1.807, 2.05) is 37.4 Å². The highest BCUT2D eigenvalue weighted by molar-refractivity contribution is 7.89. The Morgan fingerprint density at radius 3 is 2.44 bits per heavy atom. The monoisotopic (exact) mass is 383 g/mol. The Morgan fingerprint density at radius 2 is 1.70 bits per heavy atom. The molecule has 0 unspecified atom stereocenters. The summed E-state index contributed by atoms with van der Waals surface area (Å²) in [6, 6.07) is 14.7. The standard InChI is InChI=1S/C19H21N5O2S/c1-23-9-11-24(12-10-23)27(25,26)16-7-8-18-17(13-16)19(21-14-20-18)22-15-5-3-2-4-6-15/h2-8,13-14H,9-12H2,1H3,(H,20,21,22). The van der Waals surface area contributed by atoms with Gasteiger partial charge in [-0.05, 0) is 37.4 Å². The van der Waals surface area contributed by atoms with Gasteiger partial charge >= 0.3 is 0 Å². The largest absolute Gasteiger partial charge is 0.340 e. The van der Waals surface area contributed by atoms with Crippen molar-refractivity contribution in [1.82, 2.24) is 19.2 Å². The second kappa shape index (κ2) is 7.22. The summed E-state index contributed by atoms with van der Waals surface area (Å²) in [6.45, 7) is 2.46. The van der Waals surface area contributed by atoms with E-state index in [0.29, 0.717) is 29.8 Å². The summed E-state index contributed by atoms with van der Waals surface area (Å²) < 4.78 is 27.7. The first-order valence-electron chi connectivity index (χ1n) is 8.79. The van der Waals surface area contributed by atoms with Crippen LogP contribution in [-0.4, -0.2) is 60.8 Å². The Kier molecular flexibility index (Phi) is 4.77. The van der Waals surface area contributed by atoms with Gasteiger partial charge in [0.05, 0.1) is 10.4 Å². The Labute approximate surface area is 158 Å². The molecule has 8 heteroatoms. The molecular formula is C19H21N5O2S. The number of nitrogens with one attached hydrogen (secondary N) is 1. The van der Waals surface area contributed by atoms with Crippen molar-refractivity contribution in [2.75, 3.05) is 38.5 Å². The van der Waals surface area contributed by atoms with Crippen LogP contribution in [0.3, 0.4) is 0 Å². The van der Waals surface area contributed by atoms with Crippen molar-refractivity contribution in [3.63, 3.8) is 0 Å². The Hall–Kier alpha value is -2.55. The van der Waals surface area contributed by atoms with Gasteiger partial charge < -0.3 is 10.2 Å². The number of fused-ring (bicyclic) bond motifs is 1. The SMILES string of the molecule is CN1CCN(S(=O)(=O)c2ccc3ncnc(Nc4ccccc4)c3c2)CC1. The minimum absolute atomic E-state index is 0.269. The summed E-state index contributed by atoms with van der Waals surface area (Å²) in [6.07, 6.45) is 1.47. The number of nitrogens with zero attached hydrogens (tertiary/aromatic N) is 4. The first-order chi connectivity index (χ1) is 13.0. The van der Waals surface area contributed by atoms with Crippen LogP contribution < -0.4 is 5.32 Å². The van der Waals surface area contributed by atoms with Gasteiger partial charge in [0.1, 0.15) is 12.1 Å². The van der Waals surface area contributed by atoms with Crippen molar-refractivity contribution >= 4 is 32.4 Å². The molecule has 1 saturated heterocycles. The molecule has 0 bridgehead atoms. The normalized spacial score (nSPS) is 16.5. The second-order valence-electron chi connectivity index (χ2n) is 6.60. The van der Waals surface area contributed by atoms with Crippen LogP contribution in [0.25, 0.3) is 10.9 Å². The van der Waals surface area contributed by atoms with Gasteiger partial charge in [0.2, 0.25) is 10.0 Å². The van der Waals surface area contributed by atoms with E-state index in [0.717, 1.165) is 18.8 Å². The van der Waals surface area contributed by atoms with E-state index in [4.69, 9.17) is 0 Å². The molecule has 7 nitrogen and oxygen atoms in total. The van der Waals surface area contributed by atoms with E-state index in [9.17, 15) is 8.42 Å². The van der Waals surface area contributed by atoms with Gasteiger partial charge in [-0.3, -0.25) is 0 Å². The smallest absolute Gasteiger partial charge is 0.243 e. The lowest BCUT2D eigenvalue weighted by molar-refractivity contribution is 0.222. The Morgan fingerprint density at radius 1 is 0.963 bits per heavy atom. The van der Waals surface area contributed by atoms with Crippen molar-refractivity contribution in [3.05, 3.63) is 54.9 Å². The van der Waals surface area contributed by atoms with E-state index in [1.165, 1.54) is 6.33 Å². The highest BCUT2D eigenvalue weighted by Crippen LogP contribution is 2.27.